The molecule has 0 saturated heterocycles. The Morgan fingerprint density at radius 2 is 1.61 bits per heavy atom. The standard InChI is InChI=1S/C22H16N4O2/c23-14-16-8-4-6-12-20(16)26-22(28)25(17-9-2-1-3-10-17)15-19(24-26)18-11-5-7-13-21(18)27/h1-13,27H,15H2. The summed E-state index contributed by atoms with van der Waals surface area (Å²) in [5.74, 6) is 0.0807. The van der Waals surface area contributed by atoms with Crippen molar-refractivity contribution >= 4 is 23.1 Å². The lowest BCUT2D eigenvalue weighted by Gasteiger charge is -2.33. The Bertz CT molecular complexity index is 1100. The molecule has 1 N–H and O–H groups in total. The van der Waals surface area contributed by atoms with E-state index in [0.29, 0.717) is 28.2 Å². The number of hydrogen-bond acceptors (Lipinski definition) is 4. The van der Waals surface area contributed by atoms with Crippen molar-refractivity contribution in [1.29, 1.82) is 5.26 Å². The van der Waals surface area contributed by atoms with E-state index in [2.05, 4.69) is 11.2 Å². The molecule has 136 valence electrons. The first-order chi connectivity index (χ1) is 13.7. The molecule has 0 fully saturated rings. The Morgan fingerprint density at radius 1 is 0.929 bits per heavy atom. The molecule has 28 heavy (non-hydrogen) atoms. The van der Waals surface area contributed by atoms with Crippen molar-refractivity contribution in [3.63, 3.8) is 0 Å². The largest absolute Gasteiger partial charge is 0.507 e. The van der Waals surface area contributed by atoms with E-state index in [1.165, 1.54) is 5.01 Å². The van der Waals surface area contributed by atoms with Gasteiger partial charge in [-0.05, 0) is 36.4 Å². The van der Waals surface area contributed by atoms with Crippen LogP contribution in [0.4, 0.5) is 16.2 Å². The highest BCUT2D eigenvalue weighted by Crippen LogP contribution is 2.29. The van der Waals surface area contributed by atoms with Crippen LogP contribution in [0.15, 0.2) is 84.0 Å². The first-order valence-electron chi connectivity index (χ1n) is 8.70. The molecule has 1 aliphatic heterocycles. The zero-order valence-electron chi connectivity index (χ0n) is 14.9. The third-order valence-corrected chi connectivity index (χ3v) is 4.48. The van der Waals surface area contributed by atoms with Crippen molar-refractivity contribution in [2.45, 2.75) is 0 Å². The highest BCUT2D eigenvalue weighted by Gasteiger charge is 2.32. The van der Waals surface area contributed by atoms with Gasteiger partial charge in [-0.25, -0.2) is 4.79 Å². The van der Waals surface area contributed by atoms with Crippen molar-refractivity contribution in [2.75, 3.05) is 16.5 Å². The lowest BCUT2D eigenvalue weighted by atomic mass is 10.1. The maximum absolute atomic E-state index is 13.2. The van der Waals surface area contributed by atoms with Crippen molar-refractivity contribution in [2.24, 2.45) is 5.10 Å². The van der Waals surface area contributed by atoms with Crippen molar-refractivity contribution in [1.82, 2.24) is 0 Å². The SMILES string of the molecule is N#Cc1ccccc1N1N=C(c2ccccc2O)CN(c2ccccc2)C1=O. The predicted octanol–water partition coefficient (Wildman–Crippen LogP) is 4.11. The molecule has 0 spiro atoms. The van der Waals surface area contributed by atoms with E-state index >= 15 is 0 Å². The average molecular weight is 368 g/mol. The molecule has 6 nitrogen and oxygen atoms in total. The van der Waals surface area contributed by atoms with Crippen LogP contribution in [-0.2, 0) is 0 Å². The molecule has 6 heteroatoms. The van der Waals surface area contributed by atoms with Gasteiger partial charge in [0.05, 0.1) is 23.5 Å². The maximum Gasteiger partial charge on any atom is 0.350 e. The van der Waals surface area contributed by atoms with Crippen LogP contribution in [0.5, 0.6) is 5.75 Å². The number of nitriles is 1. The number of benzene rings is 3. The lowest BCUT2D eigenvalue weighted by molar-refractivity contribution is 0.251. The van der Waals surface area contributed by atoms with Crippen molar-refractivity contribution in [3.8, 4) is 11.8 Å². The molecule has 0 aliphatic carbocycles. The fourth-order valence-corrected chi connectivity index (χ4v) is 3.10. The number of hydrogen-bond donors (Lipinski definition) is 1. The third kappa shape index (κ3) is 3.06. The quantitative estimate of drug-likeness (QED) is 0.755. The van der Waals surface area contributed by atoms with Crippen LogP contribution in [-0.4, -0.2) is 23.4 Å². The predicted molar refractivity (Wildman–Crippen MR) is 107 cm³/mol. The summed E-state index contributed by atoms with van der Waals surface area (Å²) in [6.45, 7) is 0.200. The molecule has 0 radical (unpaired) electrons. The van der Waals surface area contributed by atoms with Crippen LogP contribution in [0.25, 0.3) is 0 Å². The van der Waals surface area contributed by atoms with E-state index in [1.807, 2.05) is 30.3 Å². The number of hydrazone groups is 1. The van der Waals surface area contributed by atoms with E-state index in [1.54, 1.807) is 53.4 Å². The lowest BCUT2D eigenvalue weighted by Crippen LogP contribution is -2.49. The van der Waals surface area contributed by atoms with Gasteiger partial charge in [0.25, 0.3) is 0 Å². The van der Waals surface area contributed by atoms with Crippen molar-refractivity contribution in [3.05, 3.63) is 90.0 Å². The average Bonchev–Trinajstić information content (AvgIpc) is 2.75. The van der Waals surface area contributed by atoms with Crippen LogP contribution in [0.1, 0.15) is 11.1 Å². The molecule has 0 atom stereocenters. The van der Waals surface area contributed by atoms with E-state index in [4.69, 9.17) is 0 Å². The molecule has 1 heterocycles. The van der Waals surface area contributed by atoms with Gasteiger partial charge >= 0.3 is 6.03 Å². The maximum atomic E-state index is 13.2. The number of phenols is 1. The highest BCUT2D eigenvalue weighted by atomic mass is 16.3. The minimum atomic E-state index is -0.368. The number of para-hydroxylation sites is 3. The highest BCUT2D eigenvalue weighted by molar-refractivity contribution is 6.17. The molecule has 0 aromatic heterocycles. The first kappa shape index (κ1) is 17.3. The van der Waals surface area contributed by atoms with E-state index < -0.39 is 0 Å². The third-order valence-electron chi connectivity index (χ3n) is 4.48. The summed E-state index contributed by atoms with van der Waals surface area (Å²) in [5.41, 5.74) is 2.49. The summed E-state index contributed by atoms with van der Waals surface area (Å²) in [4.78, 5) is 14.8. The van der Waals surface area contributed by atoms with Crippen molar-refractivity contribution < 1.29 is 9.90 Å². The summed E-state index contributed by atoms with van der Waals surface area (Å²) in [7, 11) is 0. The van der Waals surface area contributed by atoms with Gasteiger partial charge in [-0.2, -0.15) is 15.4 Å². The summed E-state index contributed by atoms with van der Waals surface area (Å²) >= 11 is 0. The number of phenolic OH excluding ortho intramolecular Hbond substituents is 1. The van der Waals surface area contributed by atoms with Gasteiger partial charge in [0.15, 0.2) is 0 Å². The molecule has 3 aromatic rings. The number of anilines is 2. The second-order valence-corrected chi connectivity index (χ2v) is 6.21. The Morgan fingerprint density at radius 3 is 2.36 bits per heavy atom. The molecule has 1 aliphatic rings. The fourth-order valence-electron chi connectivity index (χ4n) is 3.10. The van der Waals surface area contributed by atoms with Gasteiger partial charge in [-0.15, -0.1) is 0 Å². The van der Waals surface area contributed by atoms with Crippen LogP contribution >= 0.6 is 0 Å². The molecule has 2 amide bonds. The van der Waals surface area contributed by atoms with E-state index in [9.17, 15) is 15.2 Å². The number of carbonyl (C=O) groups excluding carboxylic acids is 1. The smallest absolute Gasteiger partial charge is 0.350 e. The van der Waals surface area contributed by atoms with Crippen LogP contribution in [0.2, 0.25) is 0 Å². The summed E-state index contributed by atoms with van der Waals surface area (Å²) in [5, 5.41) is 25.5. The number of rotatable bonds is 3. The van der Waals surface area contributed by atoms with Crippen LogP contribution in [0.3, 0.4) is 0 Å². The minimum Gasteiger partial charge on any atom is -0.507 e. The van der Waals surface area contributed by atoms with Gasteiger partial charge < -0.3 is 5.11 Å². The van der Waals surface area contributed by atoms with Gasteiger partial charge in [-0.3, -0.25) is 4.90 Å². The molecule has 3 aromatic carbocycles. The molecule has 0 unspecified atom stereocenters. The minimum absolute atomic E-state index is 0.0807. The van der Waals surface area contributed by atoms with Gasteiger partial charge in [0, 0.05) is 11.3 Å². The summed E-state index contributed by atoms with van der Waals surface area (Å²) < 4.78 is 0. The first-order valence-corrected chi connectivity index (χ1v) is 8.70. The normalized spacial score (nSPS) is 13.8. The summed E-state index contributed by atoms with van der Waals surface area (Å²) in [6, 6.07) is 24.6. The number of amides is 2. The van der Waals surface area contributed by atoms with Gasteiger partial charge in [0.1, 0.15) is 11.8 Å². The summed E-state index contributed by atoms with van der Waals surface area (Å²) in [6.07, 6.45) is 0. The molecule has 0 bridgehead atoms. The fraction of sp³-hybridized carbons (Fsp3) is 0.0455. The Hall–Kier alpha value is -4.11. The van der Waals surface area contributed by atoms with Crippen LogP contribution in [0, 0.1) is 11.3 Å². The number of aromatic hydroxyl groups is 1. The zero-order valence-corrected chi connectivity index (χ0v) is 14.9. The topological polar surface area (TPSA) is 79.9 Å². The second kappa shape index (κ2) is 7.25. The Kier molecular flexibility index (Phi) is 4.48. The Labute approximate surface area is 162 Å². The Balaban J connectivity index is 1.88. The van der Waals surface area contributed by atoms with E-state index in [0.717, 1.165) is 0 Å². The molecule has 0 saturated carbocycles. The monoisotopic (exact) mass is 368 g/mol. The molecular weight excluding hydrogens is 352 g/mol. The number of urea groups is 1. The zero-order chi connectivity index (χ0) is 19.5. The molecule has 4 rings (SSSR count). The van der Waals surface area contributed by atoms with Gasteiger partial charge in [-0.1, -0.05) is 42.5 Å². The van der Waals surface area contributed by atoms with Crippen LogP contribution < -0.4 is 9.91 Å². The molecular formula is C22H16N4O2. The number of carbonyl (C=O) groups is 1. The number of nitrogens with zero attached hydrogens (tertiary/aromatic N) is 4. The second-order valence-electron chi connectivity index (χ2n) is 6.21. The van der Waals surface area contributed by atoms with E-state index in [-0.39, 0.29) is 18.3 Å². The van der Waals surface area contributed by atoms with Gasteiger partial charge in [0.2, 0.25) is 0 Å².